The van der Waals surface area contributed by atoms with E-state index in [4.69, 9.17) is 5.11 Å². The van der Waals surface area contributed by atoms with Crippen LogP contribution in [-0.2, 0) is 0 Å². The first-order chi connectivity index (χ1) is 3.79. The van der Waals surface area contributed by atoms with Crippen LogP contribution in [0.15, 0.2) is 0 Å². The van der Waals surface area contributed by atoms with Gasteiger partial charge in [-0.15, -0.1) is 0 Å². The SMILES string of the molecule is O=C(O)[Se]N1CCC1. The molecule has 0 bridgehead atoms. The van der Waals surface area contributed by atoms with Gasteiger partial charge in [0.2, 0.25) is 0 Å². The molecular formula is C4H7NO2Se. The normalized spacial score (nSPS) is 20.0. The maximum absolute atomic E-state index is 9.99. The fourth-order valence-electron chi connectivity index (χ4n) is 0.489. The minimum atomic E-state index is -0.655. The fourth-order valence-corrected chi connectivity index (χ4v) is 1.88. The molecule has 46 valence electrons. The molecule has 0 saturated carbocycles. The van der Waals surface area contributed by atoms with Crippen LogP contribution < -0.4 is 0 Å². The maximum atomic E-state index is 9.99. The van der Waals surface area contributed by atoms with Gasteiger partial charge in [-0.3, -0.25) is 0 Å². The molecule has 1 aliphatic heterocycles. The number of hydrogen-bond acceptors (Lipinski definition) is 2. The second-order valence-corrected chi connectivity index (χ2v) is 3.84. The fraction of sp³-hybridized carbons (Fsp3) is 0.750. The van der Waals surface area contributed by atoms with Crippen LogP contribution in [-0.4, -0.2) is 42.2 Å². The Hall–Kier alpha value is -0.0505. The second-order valence-electron chi connectivity index (χ2n) is 1.64. The summed E-state index contributed by atoms with van der Waals surface area (Å²) >= 11 is -0.280. The molecule has 0 amide bonds. The van der Waals surface area contributed by atoms with Crippen molar-refractivity contribution in [3.63, 3.8) is 0 Å². The quantitative estimate of drug-likeness (QED) is 0.607. The first-order valence-corrected chi connectivity index (χ1v) is 4.07. The molecule has 0 spiro atoms. The summed E-state index contributed by atoms with van der Waals surface area (Å²) in [7, 11) is 0. The molecule has 0 aromatic heterocycles. The Labute approximate surface area is 54.0 Å². The summed E-state index contributed by atoms with van der Waals surface area (Å²) in [5, 5.41) is 8.24. The number of carbonyl (C=O) groups is 1. The third-order valence-corrected chi connectivity index (χ3v) is 2.66. The van der Waals surface area contributed by atoms with Crippen molar-refractivity contribution in [3.8, 4) is 0 Å². The molecule has 1 heterocycles. The Morgan fingerprint density at radius 3 is 2.38 bits per heavy atom. The summed E-state index contributed by atoms with van der Waals surface area (Å²) < 4.78 is 1.97. The van der Waals surface area contributed by atoms with E-state index in [9.17, 15) is 4.79 Å². The Bertz CT molecular complexity index is 102. The van der Waals surface area contributed by atoms with E-state index < -0.39 is 4.87 Å². The van der Waals surface area contributed by atoms with E-state index >= 15 is 0 Å². The number of rotatable bonds is 2. The summed E-state index contributed by atoms with van der Waals surface area (Å²) in [5.74, 6) is 0. The Morgan fingerprint density at radius 2 is 2.25 bits per heavy atom. The molecule has 0 aliphatic carbocycles. The minimum absolute atomic E-state index is 0.280. The van der Waals surface area contributed by atoms with Gasteiger partial charge in [0.15, 0.2) is 0 Å². The van der Waals surface area contributed by atoms with E-state index in [1.165, 1.54) is 6.42 Å². The number of hydrogen-bond donors (Lipinski definition) is 1. The zero-order valence-electron chi connectivity index (χ0n) is 4.33. The number of nitrogens with zero attached hydrogens (tertiary/aromatic N) is 1. The van der Waals surface area contributed by atoms with Gasteiger partial charge in [-0.2, -0.15) is 0 Å². The van der Waals surface area contributed by atoms with Crippen molar-refractivity contribution >= 4 is 20.0 Å². The van der Waals surface area contributed by atoms with Crippen molar-refractivity contribution in [2.24, 2.45) is 0 Å². The van der Waals surface area contributed by atoms with Crippen LogP contribution in [0.25, 0.3) is 0 Å². The molecule has 1 aliphatic rings. The summed E-state index contributed by atoms with van der Waals surface area (Å²) in [6.07, 6.45) is 1.18. The van der Waals surface area contributed by atoms with Gasteiger partial charge < -0.3 is 0 Å². The second kappa shape index (κ2) is 2.48. The molecule has 0 radical (unpaired) electrons. The van der Waals surface area contributed by atoms with Crippen LogP contribution in [0.3, 0.4) is 0 Å². The molecule has 1 N–H and O–H groups in total. The zero-order valence-corrected chi connectivity index (χ0v) is 6.05. The molecule has 1 rings (SSSR count). The van der Waals surface area contributed by atoms with Gasteiger partial charge in [-0.25, -0.2) is 0 Å². The molecule has 3 nitrogen and oxygen atoms in total. The Balaban J connectivity index is 2.09. The molecule has 4 heteroatoms. The van der Waals surface area contributed by atoms with Crippen molar-refractivity contribution in [3.05, 3.63) is 0 Å². The van der Waals surface area contributed by atoms with Crippen LogP contribution in [0.4, 0.5) is 4.79 Å². The Kier molecular flexibility index (Phi) is 1.89. The van der Waals surface area contributed by atoms with Gasteiger partial charge in [0.25, 0.3) is 0 Å². The zero-order chi connectivity index (χ0) is 5.98. The van der Waals surface area contributed by atoms with Crippen LogP contribution in [0, 0.1) is 0 Å². The average molecular weight is 180 g/mol. The molecule has 0 unspecified atom stereocenters. The first kappa shape index (κ1) is 6.08. The van der Waals surface area contributed by atoms with Crippen molar-refractivity contribution in [1.29, 1.82) is 0 Å². The van der Waals surface area contributed by atoms with E-state index in [2.05, 4.69) is 0 Å². The van der Waals surface area contributed by atoms with Gasteiger partial charge >= 0.3 is 53.4 Å². The first-order valence-electron chi connectivity index (χ1n) is 2.45. The van der Waals surface area contributed by atoms with Crippen molar-refractivity contribution < 1.29 is 9.90 Å². The summed E-state index contributed by atoms with van der Waals surface area (Å²) in [4.78, 5) is 9.33. The molecule has 8 heavy (non-hydrogen) atoms. The predicted octanol–water partition coefficient (Wildman–Crippen LogP) is -0.0107. The van der Waals surface area contributed by atoms with E-state index in [1.54, 1.807) is 0 Å². The third kappa shape index (κ3) is 1.47. The van der Waals surface area contributed by atoms with Gasteiger partial charge in [-0.05, 0) is 0 Å². The molecule has 0 atom stereocenters. The van der Waals surface area contributed by atoms with Crippen molar-refractivity contribution in [2.75, 3.05) is 13.1 Å². The van der Waals surface area contributed by atoms with E-state index in [-0.39, 0.29) is 15.2 Å². The van der Waals surface area contributed by atoms with E-state index in [1.807, 2.05) is 3.92 Å². The van der Waals surface area contributed by atoms with E-state index in [0.717, 1.165) is 13.1 Å². The summed E-state index contributed by atoms with van der Waals surface area (Å²) in [5.41, 5.74) is 0. The average Bonchev–Trinajstić information content (AvgIpc) is 1.55. The van der Waals surface area contributed by atoms with Crippen LogP contribution in [0.2, 0.25) is 0 Å². The molecule has 1 saturated heterocycles. The summed E-state index contributed by atoms with van der Waals surface area (Å²) in [6.45, 7) is 1.98. The van der Waals surface area contributed by atoms with Gasteiger partial charge in [0, 0.05) is 0 Å². The Morgan fingerprint density at radius 1 is 1.62 bits per heavy atom. The molecule has 1 fully saturated rings. The van der Waals surface area contributed by atoms with Crippen LogP contribution in [0.5, 0.6) is 0 Å². The van der Waals surface area contributed by atoms with Crippen LogP contribution in [0.1, 0.15) is 6.42 Å². The topological polar surface area (TPSA) is 40.5 Å². The monoisotopic (exact) mass is 181 g/mol. The van der Waals surface area contributed by atoms with Gasteiger partial charge in [0.1, 0.15) is 0 Å². The predicted molar refractivity (Wildman–Crippen MR) is 30.0 cm³/mol. The van der Waals surface area contributed by atoms with Gasteiger partial charge in [-0.1, -0.05) is 0 Å². The third-order valence-electron chi connectivity index (χ3n) is 1.02. The van der Waals surface area contributed by atoms with E-state index in [0.29, 0.717) is 0 Å². The van der Waals surface area contributed by atoms with Crippen molar-refractivity contribution in [2.45, 2.75) is 6.42 Å². The molecule has 0 aromatic rings. The van der Waals surface area contributed by atoms with Crippen LogP contribution >= 0.6 is 0 Å². The molecule has 0 aromatic carbocycles. The van der Waals surface area contributed by atoms with Crippen molar-refractivity contribution in [1.82, 2.24) is 3.92 Å². The van der Waals surface area contributed by atoms with Gasteiger partial charge in [0.05, 0.1) is 0 Å². The summed E-state index contributed by atoms with van der Waals surface area (Å²) in [6, 6.07) is 0. The number of carboxylic acid groups (broad SMARTS) is 1. The standard InChI is InChI=1S/C4H7NO2Se/c6-4(7)8-5-2-1-3-5/h1-3H2,(H,6,7). The molecular weight excluding hydrogens is 173 g/mol.